The third-order valence-corrected chi connectivity index (χ3v) is 1.88. The Bertz CT molecular complexity index is 234. The zero-order valence-corrected chi connectivity index (χ0v) is 6.45. The lowest BCUT2D eigenvalue weighted by atomic mass is 10.5. The predicted octanol–water partition coefficient (Wildman–Crippen LogP) is 0.108. The van der Waals surface area contributed by atoms with Crippen LogP contribution in [0.5, 0.6) is 0 Å². The molecule has 5 nitrogen and oxygen atoms in total. The molecule has 1 aliphatic heterocycles. The van der Waals surface area contributed by atoms with Crippen LogP contribution in [0.3, 0.4) is 0 Å². The fourth-order valence-electron chi connectivity index (χ4n) is 0.653. The molecule has 11 heavy (non-hydrogen) atoms. The minimum Gasteiger partial charge on any atom is -0.459 e. The van der Waals surface area contributed by atoms with E-state index in [-0.39, 0.29) is 12.2 Å². The highest BCUT2D eigenvalue weighted by Crippen LogP contribution is 2.09. The highest BCUT2D eigenvalue weighted by Gasteiger charge is 2.15. The van der Waals surface area contributed by atoms with Gasteiger partial charge in [0, 0.05) is 6.42 Å². The monoisotopic (exact) mass is 180 g/mol. The lowest BCUT2D eigenvalue weighted by Gasteiger charge is -2.07. The van der Waals surface area contributed by atoms with Crippen molar-refractivity contribution < 1.29 is 22.4 Å². The van der Waals surface area contributed by atoms with Crippen molar-refractivity contribution in [3.63, 3.8) is 0 Å². The second-order valence-corrected chi connectivity index (χ2v) is 3.62. The van der Waals surface area contributed by atoms with Gasteiger partial charge in [-0.15, -0.1) is 0 Å². The van der Waals surface area contributed by atoms with Crippen LogP contribution in [0.25, 0.3) is 0 Å². The Morgan fingerprint density at radius 2 is 1.91 bits per heavy atom. The molecule has 0 unspecified atom stereocenters. The van der Waals surface area contributed by atoms with Gasteiger partial charge in [0.2, 0.25) is 6.29 Å². The van der Waals surface area contributed by atoms with Crippen LogP contribution < -0.4 is 0 Å². The van der Waals surface area contributed by atoms with Gasteiger partial charge in [-0.3, -0.25) is 4.55 Å². The van der Waals surface area contributed by atoms with Gasteiger partial charge in [-0.25, -0.2) is 0 Å². The Kier molecular flexibility index (Phi) is 2.35. The Morgan fingerprint density at radius 3 is 2.36 bits per heavy atom. The molecule has 0 fully saturated rings. The summed E-state index contributed by atoms with van der Waals surface area (Å²) < 4.78 is 38.3. The minimum absolute atomic E-state index is 0.131. The van der Waals surface area contributed by atoms with E-state index in [9.17, 15) is 8.42 Å². The topological polar surface area (TPSA) is 72.8 Å². The van der Waals surface area contributed by atoms with E-state index in [1.807, 2.05) is 0 Å². The molecule has 0 radical (unpaired) electrons. The summed E-state index contributed by atoms with van der Waals surface area (Å²) in [7, 11) is -3.90. The van der Waals surface area contributed by atoms with E-state index in [0.717, 1.165) is 0 Å². The molecule has 0 bridgehead atoms. The number of hydrogen-bond donors (Lipinski definition) is 1. The first kappa shape index (κ1) is 8.35. The van der Waals surface area contributed by atoms with E-state index in [0.29, 0.717) is 0 Å². The molecule has 0 saturated carbocycles. The summed E-state index contributed by atoms with van der Waals surface area (Å²) in [5, 5.41) is 0. The van der Waals surface area contributed by atoms with Crippen LogP contribution in [0.4, 0.5) is 0 Å². The lowest BCUT2D eigenvalue weighted by Crippen LogP contribution is -2.14. The van der Waals surface area contributed by atoms with E-state index < -0.39 is 16.4 Å². The minimum atomic E-state index is -3.90. The molecule has 1 rings (SSSR count). The second-order valence-electron chi connectivity index (χ2n) is 2.05. The van der Waals surface area contributed by atoms with E-state index in [1.54, 1.807) is 0 Å². The van der Waals surface area contributed by atoms with Crippen LogP contribution in [-0.4, -0.2) is 25.0 Å². The van der Waals surface area contributed by atoms with Gasteiger partial charge in [0.15, 0.2) is 0 Å². The lowest BCUT2D eigenvalue weighted by molar-refractivity contribution is -0.0237. The third kappa shape index (κ3) is 3.24. The Labute approximate surface area is 64.4 Å². The zero-order valence-electron chi connectivity index (χ0n) is 5.63. The number of hydrogen-bond acceptors (Lipinski definition) is 4. The summed E-state index contributed by atoms with van der Waals surface area (Å²) in [6, 6.07) is 0. The van der Waals surface area contributed by atoms with E-state index in [2.05, 4.69) is 0 Å². The molecule has 1 heterocycles. The van der Waals surface area contributed by atoms with Gasteiger partial charge in [0.1, 0.15) is 12.5 Å². The smallest absolute Gasteiger partial charge is 0.265 e. The zero-order chi connectivity index (χ0) is 8.32. The maximum Gasteiger partial charge on any atom is 0.265 e. The van der Waals surface area contributed by atoms with Crippen molar-refractivity contribution in [1.29, 1.82) is 0 Å². The van der Waals surface area contributed by atoms with Crippen LogP contribution in [-0.2, 0) is 19.6 Å². The van der Waals surface area contributed by atoms with Gasteiger partial charge >= 0.3 is 0 Å². The molecule has 0 amide bonds. The molecule has 0 aromatic heterocycles. The van der Waals surface area contributed by atoms with Crippen molar-refractivity contribution in [2.45, 2.75) is 12.7 Å². The maximum atomic E-state index is 10.2. The first-order valence-corrected chi connectivity index (χ1v) is 4.60. The third-order valence-electron chi connectivity index (χ3n) is 1.13. The first-order valence-electron chi connectivity index (χ1n) is 2.99. The van der Waals surface area contributed by atoms with Crippen molar-refractivity contribution >= 4 is 10.1 Å². The van der Waals surface area contributed by atoms with Crippen molar-refractivity contribution in [2.75, 3.05) is 5.75 Å². The van der Waals surface area contributed by atoms with E-state index in [1.165, 1.54) is 12.5 Å². The second kappa shape index (κ2) is 3.10. The average molecular weight is 180 g/mol. The largest absolute Gasteiger partial charge is 0.459 e. The highest BCUT2D eigenvalue weighted by molar-refractivity contribution is 7.85. The molecule has 6 heteroatoms. The number of rotatable bonds is 3. The van der Waals surface area contributed by atoms with Crippen molar-refractivity contribution in [3.05, 3.63) is 12.5 Å². The Hall–Kier alpha value is -0.750. The molecule has 0 aromatic carbocycles. The molecule has 0 saturated heterocycles. The fourth-order valence-corrected chi connectivity index (χ4v) is 1.14. The molecule has 64 valence electrons. The van der Waals surface area contributed by atoms with E-state index >= 15 is 0 Å². The van der Waals surface area contributed by atoms with Crippen LogP contribution in [0.15, 0.2) is 12.5 Å². The van der Waals surface area contributed by atoms with Crippen molar-refractivity contribution in [2.24, 2.45) is 0 Å². The predicted molar refractivity (Wildman–Crippen MR) is 36.1 cm³/mol. The van der Waals surface area contributed by atoms with Gasteiger partial charge in [0.25, 0.3) is 10.1 Å². The highest BCUT2D eigenvalue weighted by atomic mass is 32.2. The number of ether oxygens (including phenoxy) is 2. The molecular weight excluding hydrogens is 172 g/mol. The fraction of sp³-hybridized carbons (Fsp3) is 0.600. The average Bonchev–Trinajstić information content (AvgIpc) is 2.32. The summed E-state index contributed by atoms with van der Waals surface area (Å²) in [6.45, 7) is 0. The molecule has 0 aliphatic carbocycles. The SMILES string of the molecule is O=S(=O)(O)CCC1OC=CO1. The van der Waals surface area contributed by atoms with Crippen LogP contribution in [0.2, 0.25) is 0 Å². The normalized spacial score (nSPS) is 17.9. The molecular formula is C5H8O5S. The van der Waals surface area contributed by atoms with Crippen molar-refractivity contribution in [1.82, 2.24) is 0 Å². The van der Waals surface area contributed by atoms with Gasteiger partial charge in [-0.2, -0.15) is 8.42 Å². The van der Waals surface area contributed by atoms with Crippen LogP contribution in [0.1, 0.15) is 6.42 Å². The Morgan fingerprint density at radius 1 is 1.36 bits per heavy atom. The summed E-state index contributed by atoms with van der Waals surface area (Å²) >= 11 is 0. The molecule has 0 atom stereocenters. The van der Waals surface area contributed by atoms with Gasteiger partial charge < -0.3 is 9.47 Å². The van der Waals surface area contributed by atoms with E-state index in [4.69, 9.17) is 14.0 Å². The standard InChI is InChI=1S/C5H8O5S/c6-11(7,8)4-1-5-9-2-3-10-5/h2-3,5H,1,4H2,(H,6,7,8). The molecule has 1 N–H and O–H groups in total. The van der Waals surface area contributed by atoms with Gasteiger partial charge in [-0.05, 0) is 0 Å². The first-order chi connectivity index (χ1) is 5.08. The molecule has 1 aliphatic rings. The summed E-state index contributed by atoms with van der Waals surface area (Å²) in [5.41, 5.74) is 0. The summed E-state index contributed by atoms with van der Waals surface area (Å²) in [6.07, 6.45) is 2.21. The van der Waals surface area contributed by atoms with Gasteiger partial charge in [-0.1, -0.05) is 0 Å². The Balaban J connectivity index is 2.23. The molecule has 0 aromatic rings. The summed E-state index contributed by atoms with van der Waals surface area (Å²) in [4.78, 5) is 0. The van der Waals surface area contributed by atoms with Gasteiger partial charge in [0.05, 0.1) is 5.75 Å². The van der Waals surface area contributed by atoms with Crippen LogP contribution in [0, 0.1) is 0 Å². The van der Waals surface area contributed by atoms with Crippen LogP contribution >= 0.6 is 0 Å². The van der Waals surface area contributed by atoms with Crippen molar-refractivity contribution in [3.8, 4) is 0 Å². The maximum absolute atomic E-state index is 10.2. The summed E-state index contributed by atoms with van der Waals surface area (Å²) in [5.74, 6) is -0.348. The quantitative estimate of drug-likeness (QED) is 0.624. The molecule has 0 spiro atoms.